The first-order valence-corrected chi connectivity index (χ1v) is 4.94. The molecule has 15 heavy (non-hydrogen) atoms. The summed E-state index contributed by atoms with van der Waals surface area (Å²) in [7, 11) is 0. The molecule has 3 nitrogen and oxygen atoms in total. The lowest BCUT2D eigenvalue weighted by atomic mass is 10.2. The van der Waals surface area contributed by atoms with Gasteiger partial charge in [-0.1, -0.05) is 18.2 Å². The highest BCUT2D eigenvalue weighted by atomic mass is 16.7. The number of phenolic OH excluding ortho intramolecular Hbond substituents is 1. The number of aromatic hydroxyl groups is 1. The van der Waals surface area contributed by atoms with E-state index in [1.54, 1.807) is 12.1 Å². The Labute approximate surface area is 90.0 Å². The number of benzene rings is 1. The molecule has 0 aliphatic rings. The number of ether oxygens (including phenoxy) is 2. The molecule has 0 spiro atoms. The second-order valence-corrected chi connectivity index (χ2v) is 2.98. The molecule has 0 atom stereocenters. The molecule has 0 fully saturated rings. The Morgan fingerprint density at radius 1 is 1.40 bits per heavy atom. The summed E-state index contributed by atoms with van der Waals surface area (Å²) < 4.78 is 10.3. The van der Waals surface area contributed by atoms with Crippen LogP contribution in [0.4, 0.5) is 0 Å². The molecule has 82 valence electrons. The molecule has 0 saturated carbocycles. The minimum absolute atomic E-state index is 0.128. The quantitative estimate of drug-likeness (QED) is 0.597. The molecule has 1 aromatic carbocycles. The molecule has 0 heterocycles. The second kappa shape index (κ2) is 6.09. The third-order valence-corrected chi connectivity index (χ3v) is 1.84. The van der Waals surface area contributed by atoms with Crippen LogP contribution in [0.2, 0.25) is 0 Å². The van der Waals surface area contributed by atoms with Crippen LogP contribution in [-0.2, 0) is 4.74 Å². The van der Waals surface area contributed by atoms with Gasteiger partial charge < -0.3 is 14.6 Å². The molecule has 1 rings (SSSR count). The van der Waals surface area contributed by atoms with Crippen LogP contribution in [-0.4, -0.2) is 18.5 Å². The van der Waals surface area contributed by atoms with E-state index in [-0.39, 0.29) is 12.5 Å². The zero-order valence-corrected chi connectivity index (χ0v) is 9.06. The summed E-state index contributed by atoms with van der Waals surface area (Å²) in [6, 6.07) is 5.20. The third-order valence-electron chi connectivity index (χ3n) is 1.84. The first-order valence-electron chi connectivity index (χ1n) is 4.94. The van der Waals surface area contributed by atoms with Crippen molar-refractivity contribution in [3.8, 4) is 11.5 Å². The van der Waals surface area contributed by atoms with E-state index in [4.69, 9.17) is 9.47 Å². The molecule has 3 heteroatoms. The molecule has 0 aliphatic heterocycles. The van der Waals surface area contributed by atoms with Gasteiger partial charge in [0.05, 0.1) is 0 Å². The number of phenols is 1. The maximum absolute atomic E-state index is 9.50. The number of hydrogen-bond donors (Lipinski definition) is 1. The van der Waals surface area contributed by atoms with E-state index in [1.807, 2.05) is 32.1 Å². The van der Waals surface area contributed by atoms with E-state index >= 15 is 0 Å². The summed E-state index contributed by atoms with van der Waals surface area (Å²) >= 11 is 0. The standard InChI is InChI=1S/C12H16O3/c1-3-5-10-6-7-11(13)12(8-10)15-9-14-4-2/h3,5-8,13H,4,9H2,1-2H3. The Hall–Kier alpha value is -1.48. The van der Waals surface area contributed by atoms with Gasteiger partial charge in [0.15, 0.2) is 18.3 Å². The van der Waals surface area contributed by atoms with Crippen molar-refractivity contribution >= 4 is 6.08 Å². The van der Waals surface area contributed by atoms with Crippen LogP contribution in [0.1, 0.15) is 19.4 Å². The fourth-order valence-corrected chi connectivity index (χ4v) is 1.13. The van der Waals surface area contributed by atoms with E-state index < -0.39 is 0 Å². The SMILES string of the molecule is CC=Cc1ccc(O)c(OCOCC)c1. The van der Waals surface area contributed by atoms with Crippen molar-refractivity contribution in [3.63, 3.8) is 0 Å². The first-order chi connectivity index (χ1) is 7.27. The van der Waals surface area contributed by atoms with Crippen molar-refractivity contribution in [3.05, 3.63) is 29.8 Å². The summed E-state index contributed by atoms with van der Waals surface area (Å²) in [6.45, 7) is 4.58. The predicted molar refractivity (Wildman–Crippen MR) is 59.9 cm³/mol. The average molecular weight is 208 g/mol. The summed E-state index contributed by atoms with van der Waals surface area (Å²) in [5, 5.41) is 9.50. The Kier molecular flexibility index (Phi) is 4.71. The van der Waals surface area contributed by atoms with Crippen LogP contribution in [0, 0.1) is 0 Å². The van der Waals surface area contributed by atoms with Crippen LogP contribution in [0.3, 0.4) is 0 Å². The highest BCUT2D eigenvalue weighted by molar-refractivity contribution is 5.55. The van der Waals surface area contributed by atoms with Gasteiger partial charge in [0.25, 0.3) is 0 Å². The topological polar surface area (TPSA) is 38.7 Å². The van der Waals surface area contributed by atoms with E-state index in [9.17, 15) is 5.11 Å². The van der Waals surface area contributed by atoms with Crippen molar-refractivity contribution < 1.29 is 14.6 Å². The van der Waals surface area contributed by atoms with Crippen LogP contribution in [0.15, 0.2) is 24.3 Å². The summed E-state index contributed by atoms with van der Waals surface area (Å²) in [5.74, 6) is 0.571. The van der Waals surface area contributed by atoms with E-state index in [0.717, 1.165) is 5.56 Å². The van der Waals surface area contributed by atoms with Crippen molar-refractivity contribution in [2.24, 2.45) is 0 Å². The van der Waals surface area contributed by atoms with Gasteiger partial charge in [-0.05, 0) is 31.5 Å². The molecule has 0 saturated heterocycles. The molecule has 0 aliphatic carbocycles. The van der Waals surface area contributed by atoms with Gasteiger partial charge in [0, 0.05) is 6.61 Å². The zero-order chi connectivity index (χ0) is 11.1. The lowest BCUT2D eigenvalue weighted by molar-refractivity contribution is 0.0209. The van der Waals surface area contributed by atoms with Crippen LogP contribution in [0.5, 0.6) is 11.5 Å². The minimum atomic E-state index is 0.128. The second-order valence-electron chi connectivity index (χ2n) is 2.98. The van der Waals surface area contributed by atoms with Crippen molar-refractivity contribution in [2.75, 3.05) is 13.4 Å². The van der Waals surface area contributed by atoms with Gasteiger partial charge in [-0.25, -0.2) is 0 Å². The van der Waals surface area contributed by atoms with Crippen LogP contribution in [0.25, 0.3) is 6.08 Å². The monoisotopic (exact) mass is 208 g/mol. The van der Waals surface area contributed by atoms with Crippen LogP contribution < -0.4 is 4.74 Å². The van der Waals surface area contributed by atoms with Crippen molar-refractivity contribution in [1.82, 2.24) is 0 Å². The fraction of sp³-hybridized carbons (Fsp3) is 0.333. The molecular weight excluding hydrogens is 192 g/mol. The van der Waals surface area contributed by atoms with Gasteiger partial charge in [-0.2, -0.15) is 0 Å². The number of rotatable bonds is 5. The number of allylic oxidation sites excluding steroid dienone is 1. The lowest BCUT2D eigenvalue weighted by Crippen LogP contribution is -2.02. The van der Waals surface area contributed by atoms with E-state index in [2.05, 4.69) is 0 Å². The van der Waals surface area contributed by atoms with E-state index in [0.29, 0.717) is 12.4 Å². The Morgan fingerprint density at radius 3 is 2.87 bits per heavy atom. The lowest BCUT2D eigenvalue weighted by Gasteiger charge is -2.08. The highest BCUT2D eigenvalue weighted by Gasteiger charge is 2.02. The third kappa shape index (κ3) is 3.64. The maximum atomic E-state index is 9.50. The Balaban J connectivity index is 2.71. The minimum Gasteiger partial charge on any atom is -0.504 e. The van der Waals surface area contributed by atoms with Crippen molar-refractivity contribution in [2.45, 2.75) is 13.8 Å². The van der Waals surface area contributed by atoms with E-state index in [1.165, 1.54) is 0 Å². The van der Waals surface area contributed by atoms with Gasteiger partial charge in [-0.15, -0.1) is 0 Å². The molecule has 0 bridgehead atoms. The molecule has 0 unspecified atom stereocenters. The maximum Gasteiger partial charge on any atom is 0.189 e. The van der Waals surface area contributed by atoms with Gasteiger partial charge in [-0.3, -0.25) is 0 Å². The fourth-order valence-electron chi connectivity index (χ4n) is 1.13. The van der Waals surface area contributed by atoms with Crippen LogP contribution >= 0.6 is 0 Å². The summed E-state index contributed by atoms with van der Waals surface area (Å²) in [5.41, 5.74) is 0.988. The highest BCUT2D eigenvalue weighted by Crippen LogP contribution is 2.27. The molecule has 1 aromatic rings. The zero-order valence-electron chi connectivity index (χ0n) is 9.06. The largest absolute Gasteiger partial charge is 0.504 e. The van der Waals surface area contributed by atoms with Gasteiger partial charge in [0.2, 0.25) is 0 Å². The average Bonchev–Trinajstić information content (AvgIpc) is 2.23. The van der Waals surface area contributed by atoms with Gasteiger partial charge >= 0.3 is 0 Å². The molecule has 0 radical (unpaired) electrons. The predicted octanol–water partition coefficient (Wildman–Crippen LogP) is 2.80. The van der Waals surface area contributed by atoms with Crippen molar-refractivity contribution in [1.29, 1.82) is 0 Å². The molecule has 1 N–H and O–H groups in total. The summed E-state index contributed by atoms with van der Waals surface area (Å²) in [6.07, 6.45) is 3.87. The number of hydrogen-bond acceptors (Lipinski definition) is 3. The molecule has 0 amide bonds. The Bertz CT molecular complexity index is 332. The Morgan fingerprint density at radius 2 is 2.20 bits per heavy atom. The smallest absolute Gasteiger partial charge is 0.189 e. The summed E-state index contributed by atoms with van der Waals surface area (Å²) in [4.78, 5) is 0. The normalized spacial score (nSPS) is 10.8. The molecule has 0 aromatic heterocycles. The molecular formula is C12H16O3. The van der Waals surface area contributed by atoms with Gasteiger partial charge in [0.1, 0.15) is 0 Å². The first kappa shape index (κ1) is 11.6.